The highest BCUT2D eigenvalue weighted by molar-refractivity contribution is 5.89. The van der Waals surface area contributed by atoms with Crippen LogP contribution in [0.4, 0.5) is 10.5 Å². The molecule has 1 aromatic carbocycles. The molecule has 2 heterocycles. The molecule has 0 radical (unpaired) electrons. The lowest BCUT2D eigenvalue weighted by Gasteiger charge is -2.32. The van der Waals surface area contributed by atoms with Gasteiger partial charge in [0.05, 0.1) is 6.54 Å². The van der Waals surface area contributed by atoms with E-state index < -0.39 is 0 Å². The van der Waals surface area contributed by atoms with E-state index in [-0.39, 0.29) is 12.1 Å². The molecular weight excluding hydrogens is 316 g/mol. The monoisotopic (exact) mass is 340 g/mol. The van der Waals surface area contributed by atoms with Gasteiger partial charge in [0.15, 0.2) is 0 Å². The van der Waals surface area contributed by atoms with Gasteiger partial charge in [-0.2, -0.15) is 0 Å². The number of carbonyl (C=O) groups excluding carboxylic acids is 1. The fourth-order valence-corrected chi connectivity index (χ4v) is 3.04. The maximum Gasteiger partial charge on any atom is 0.321 e. The van der Waals surface area contributed by atoms with Crippen molar-refractivity contribution in [3.63, 3.8) is 0 Å². The zero-order valence-corrected chi connectivity index (χ0v) is 15.0. The fraction of sp³-hybridized carbons (Fsp3) is 0.421. The molecule has 0 aliphatic carbocycles. The lowest BCUT2D eigenvalue weighted by atomic mass is 10.1. The first-order chi connectivity index (χ1) is 12.0. The lowest BCUT2D eigenvalue weighted by molar-refractivity contribution is 0.0980. The highest BCUT2D eigenvalue weighted by Crippen LogP contribution is 2.18. The Balaban J connectivity index is 1.61. The van der Waals surface area contributed by atoms with Crippen LogP contribution in [0.5, 0.6) is 6.01 Å². The second kappa shape index (κ2) is 7.51. The van der Waals surface area contributed by atoms with Crippen molar-refractivity contribution >= 4 is 11.7 Å². The van der Waals surface area contributed by atoms with Gasteiger partial charge in [-0.3, -0.25) is 0 Å². The van der Waals surface area contributed by atoms with Crippen LogP contribution in [0, 0.1) is 20.8 Å². The Hall–Kier alpha value is -2.63. The summed E-state index contributed by atoms with van der Waals surface area (Å²) in [7, 11) is 0. The van der Waals surface area contributed by atoms with Crippen molar-refractivity contribution in [1.82, 2.24) is 14.9 Å². The number of aromatic nitrogens is 2. The largest absolute Gasteiger partial charge is 0.458 e. The van der Waals surface area contributed by atoms with E-state index in [2.05, 4.69) is 15.3 Å². The van der Waals surface area contributed by atoms with Gasteiger partial charge in [0.1, 0.15) is 6.10 Å². The van der Waals surface area contributed by atoms with E-state index in [9.17, 15) is 4.79 Å². The summed E-state index contributed by atoms with van der Waals surface area (Å²) >= 11 is 0. The number of rotatable bonds is 3. The number of piperidine rings is 1. The maximum atomic E-state index is 12.5. The van der Waals surface area contributed by atoms with Crippen molar-refractivity contribution in [2.75, 3.05) is 18.4 Å². The summed E-state index contributed by atoms with van der Waals surface area (Å²) in [5.74, 6) is 0. The highest BCUT2D eigenvalue weighted by atomic mass is 16.5. The van der Waals surface area contributed by atoms with Crippen molar-refractivity contribution in [3.8, 4) is 6.01 Å². The van der Waals surface area contributed by atoms with E-state index in [1.165, 1.54) is 0 Å². The van der Waals surface area contributed by atoms with E-state index in [0.717, 1.165) is 42.0 Å². The molecule has 1 aliphatic heterocycles. The van der Waals surface area contributed by atoms with Crippen molar-refractivity contribution in [2.24, 2.45) is 0 Å². The first kappa shape index (κ1) is 17.2. The molecule has 3 rings (SSSR count). The SMILES string of the molecule is Cc1cccc(NC(=O)N2CCC[C@H](Oc3nc(C)cc(C)n3)C2)c1. The van der Waals surface area contributed by atoms with Crippen LogP contribution >= 0.6 is 0 Å². The van der Waals surface area contributed by atoms with Gasteiger partial charge in [0.2, 0.25) is 0 Å². The summed E-state index contributed by atoms with van der Waals surface area (Å²) in [6.45, 7) is 7.11. The number of benzene rings is 1. The molecule has 1 atom stereocenters. The number of carbonyl (C=O) groups is 1. The van der Waals surface area contributed by atoms with Crippen LogP contribution < -0.4 is 10.1 Å². The number of anilines is 1. The second-order valence-electron chi connectivity index (χ2n) is 6.56. The molecule has 25 heavy (non-hydrogen) atoms. The van der Waals surface area contributed by atoms with Crippen molar-refractivity contribution in [1.29, 1.82) is 0 Å². The number of aryl methyl sites for hydroxylation is 3. The average Bonchev–Trinajstić information content (AvgIpc) is 2.54. The molecule has 2 amide bonds. The van der Waals surface area contributed by atoms with E-state index in [0.29, 0.717) is 12.6 Å². The third kappa shape index (κ3) is 4.68. The molecule has 6 nitrogen and oxygen atoms in total. The Morgan fingerprint density at radius 2 is 1.96 bits per heavy atom. The highest BCUT2D eigenvalue weighted by Gasteiger charge is 2.25. The third-order valence-corrected chi connectivity index (χ3v) is 4.17. The molecule has 1 fully saturated rings. The van der Waals surface area contributed by atoms with Gasteiger partial charge >= 0.3 is 12.0 Å². The summed E-state index contributed by atoms with van der Waals surface area (Å²) in [6.07, 6.45) is 1.71. The summed E-state index contributed by atoms with van der Waals surface area (Å²) in [6, 6.07) is 10.00. The number of hydrogen-bond acceptors (Lipinski definition) is 4. The Morgan fingerprint density at radius 1 is 1.20 bits per heavy atom. The lowest BCUT2D eigenvalue weighted by Crippen LogP contribution is -2.46. The third-order valence-electron chi connectivity index (χ3n) is 4.17. The van der Waals surface area contributed by atoms with Gasteiger partial charge in [0, 0.05) is 23.6 Å². The van der Waals surface area contributed by atoms with Gasteiger partial charge in [-0.05, 0) is 57.4 Å². The summed E-state index contributed by atoms with van der Waals surface area (Å²) in [5, 5.41) is 2.96. The van der Waals surface area contributed by atoms with Crippen molar-refractivity contribution in [3.05, 3.63) is 47.3 Å². The fourth-order valence-electron chi connectivity index (χ4n) is 3.04. The minimum atomic E-state index is -0.0970. The molecule has 1 aliphatic rings. The first-order valence-corrected chi connectivity index (χ1v) is 8.61. The molecule has 0 bridgehead atoms. The van der Waals surface area contributed by atoms with Crippen molar-refractivity contribution in [2.45, 2.75) is 39.7 Å². The van der Waals surface area contributed by atoms with Gasteiger partial charge in [-0.1, -0.05) is 12.1 Å². The molecule has 0 unspecified atom stereocenters. The van der Waals surface area contributed by atoms with Crippen LogP contribution in [-0.4, -0.2) is 40.1 Å². The Bertz CT molecular complexity index is 743. The van der Waals surface area contributed by atoms with Crippen LogP contribution in [0.3, 0.4) is 0 Å². The van der Waals surface area contributed by atoms with E-state index in [1.807, 2.05) is 51.1 Å². The number of likely N-dealkylation sites (tertiary alicyclic amines) is 1. The first-order valence-electron chi connectivity index (χ1n) is 8.61. The molecular formula is C19H24N4O2. The molecule has 132 valence electrons. The van der Waals surface area contributed by atoms with Crippen LogP contribution in [0.25, 0.3) is 0 Å². The number of urea groups is 1. The Morgan fingerprint density at radius 3 is 2.68 bits per heavy atom. The number of ether oxygens (including phenoxy) is 1. The van der Waals surface area contributed by atoms with Gasteiger partial charge in [-0.15, -0.1) is 0 Å². The molecule has 0 saturated carbocycles. The number of hydrogen-bond donors (Lipinski definition) is 1. The maximum absolute atomic E-state index is 12.5. The van der Waals surface area contributed by atoms with Crippen LogP contribution in [0.2, 0.25) is 0 Å². The average molecular weight is 340 g/mol. The minimum Gasteiger partial charge on any atom is -0.458 e. The molecule has 6 heteroatoms. The van der Waals surface area contributed by atoms with Gasteiger partial charge < -0.3 is 15.0 Å². The predicted octanol–water partition coefficient (Wildman–Crippen LogP) is 3.48. The normalized spacial score (nSPS) is 17.2. The molecule has 1 saturated heterocycles. The molecule has 1 aromatic heterocycles. The number of nitrogens with one attached hydrogen (secondary N) is 1. The van der Waals surface area contributed by atoms with Crippen LogP contribution in [0.1, 0.15) is 29.8 Å². The topological polar surface area (TPSA) is 67.4 Å². The van der Waals surface area contributed by atoms with Crippen LogP contribution in [-0.2, 0) is 0 Å². The second-order valence-corrected chi connectivity index (χ2v) is 6.56. The molecule has 1 N–H and O–H groups in total. The molecule has 2 aromatic rings. The minimum absolute atomic E-state index is 0.0850. The summed E-state index contributed by atoms with van der Waals surface area (Å²) in [5.41, 5.74) is 3.69. The van der Waals surface area contributed by atoms with Crippen LogP contribution in [0.15, 0.2) is 30.3 Å². The Labute approximate surface area is 148 Å². The summed E-state index contributed by atoms with van der Waals surface area (Å²) < 4.78 is 5.92. The van der Waals surface area contributed by atoms with E-state index in [4.69, 9.17) is 4.74 Å². The quantitative estimate of drug-likeness (QED) is 0.929. The molecule has 0 spiro atoms. The van der Waals surface area contributed by atoms with Gasteiger partial charge in [0.25, 0.3) is 0 Å². The smallest absolute Gasteiger partial charge is 0.321 e. The van der Waals surface area contributed by atoms with Gasteiger partial charge in [-0.25, -0.2) is 14.8 Å². The Kier molecular flexibility index (Phi) is 5.16. The van der Waals surface area contributed by atoms with Crippen molar-refractivity contribution < 1.29 is 9.53 Å². The number of amides is 2. The van der Waals surface area contributed by atoms with E-state index in [1.54, 1.807) is 4.90 Å². The van der Waals surface area contributed by atoms with E-state index >= 15 is 0 Å². The zero-order valence-electron chi connectivity index (χ0n) is 15.0. The standard InChI is InChI=1S/C19H24N4O2/c1-13-6-4-7-16(10-13)22-19(24)23-9-5-8-17(12-23)25-18-20-14(2)11-15(3)21-18/h4,6-7,10-11,17H,5,8-9,12H2,1-3H3,(H,22,24)/t17-/m0/s1. The number of nitrogens with zero attached hydrogens (tertiary/aromatic N) is 3. The predicted molar refractivity (Wildman–Crippen MR) is 96.9 cm³/mol. The zero-order chi connectivity index (χ0) is 17.8. The summed E-state index contributed by atoms with van der Waals surface area (Å²) in [4.78, 5) is 22.9.